The molecular formula is C21H15F3N2O2S. The lowest BCUT2D eigenvalue weighted by Crippen LogP contribution is -2.23. The molecule has 0 fully saturated rings. The average Bonchev–Trinajstić information content (AvgIpc) is 3.14. The summed E-state index contributed by atoms with van der Waals surface area (Å²) in [6, 6.07) is 13.2. The molecule has 0 radical (unpaired) electrons. The van der Waals surface area contributed by atoms with E-state index in [2.05, 4.69) is 4.98 Å². The first-order valence-corrected chi connectivity index (χ1v) is 9.34. The van der Waals surface area contributed by atoms with Gasteiger partial charge in [-0.1, -0.05) is 36.4 Å². The minimum absolute atomic E-state index is 0.0672. The highest BCUT2D eigenvalue weighted by molar-refractivity contribution is 7.14. The van der Waals surface area contributed by atoms with Crippen LogP contribution < -0.4 is 4.90 Å². The number of hydrogen-bond donors (Lipinski definition) is 0. The Bertz CT molecular complexity index is 1060. The standard InChI is InChI=1S/C21H15F3N2O2S/c1-14(27)26(18-9-5-8-16(12-18)21(22,23)24)20-25-17(13-29-20)10-11-19(28)15-6-3-2-4-7-15/h2-13H,1H3/b11-10+. The quantitative estimate of drug-likeness (QED) is 0.394. The number of allylic oxidation sites excluding steroid dienone is 1. The van der Waals surface area contributed by atoms with E-state index in [0.29, 0.717) is 11.3 Å². The molecule has 3 aromatic rings. The predicted molar refractivity (Wildman–Crippen MR) is 106 cm³/mol. The molecule has 1 aromatic heterocycles. The van der Waals surface area contributed by atoms with Gasteiger partial charge in [-0.2, -0.15) is 13.2 Å². The highest BCUT2D eigenvalue weighted by atomic mass is 32.1. The van der Waals surface area contributed by atoms with E-state index < -0.39 is 17.6 Å². The first-order valence-electron chi connectivity index (χ1n) is 8.46. The van der Waals surface area contributed by atoms with Crippen LogP contribution in [0, 0.1) is 0 Å². The molecule has 2 aromatic carbocycles. The molecule has 0 aliphatic rings. The van der Waals surface area contributed by atoms with Gasteiger partial charge in [-0.05, 0) is 30.4 Å². The molecule has 1 heterocycles. The number of ketones is 1. The van der Waals surface area contributed by atoms with E-state index in [0.717, 1.165) is 28.4 Å². The van der Waals surface area contributed by atoms with Gasteiger partial charge in [0.1, 0.15) is 0 Å². The van der Waals surface area contributed by atoms with Crippen molar-refractivity contribution < 1.29 is 22.8 Å². The van der Waals surface area contributed by atoms with Gasteiger partial charge in [-0.15, -0.1) is 11.3 Å². The van der Waals surface area contributed by atoms with Crippen molar-refractivity contribution >= 4 is 39.9 Å². The summed E-state index contributed by atoms with van der Waals surface area (Å²) in [5, 5.41) is 1.83. The van der Waals surface area contributed by atoms with Gasteiger partial charge >= 0.3 is 6.18 Å². The Hall–Kier alpha value is -3.26. The zero-order chi connectivity index (χ0) is 21.0. The topological polar surface area (TPSA) is 50.3 Å². The number of nitrogens with zero attached hydrogens (tertiary/aromatic N) is 2. The Labute approximate surface area is 168 Å². The van der Waals surface area contributed by atoms with Crippen LogP contribution in [-0.2, 0) is 11.0 Å². The maximum Gasteiger partial charge on any atom is 0.416 e. The number of alkyl halides is 3. The molecule has 0 saturated heterocycles. The number of aromatic nitrogens is 1. The minimum Gasteiger partial charge on any atom is -0.289 e. The van der Waals surface area contributed by atoms with Crippen LogP contribution in [0.2, 0.25) is 0 Å². The van der Waals surface area contributed by atoms with Crippen LogP contribution in [0.15, 0.2) is 66.1 Å². The molecule has 8 heteroatoms. The van der Waals surface area contributed by atoms with E-state index in [-0.39, 0.29) is 16.6 Å². The second kappa shape index (κ2) is 8.40. The number of hydrogen-bond acceptors (Lipinski definition) is 4. The molecule has 0 N–H and O–H groups in total. The van der Waals surface area contributed by atoms with E-state index in [9.17, 15) is 22.8 Å². The zero-order valence-electron chi connectivity index (χ0n) is 15.2. The highest BCUT2D eigenvalue weighted by Crippen LogP contribution is 2.35. The lowest BCUT2D eigenvalue weighted by molar-refractivity contribution is -0.137. The second-order valence-corrected chi connectivity index (χ2v) is 6.86. The van der Waals surface area contributed by atoms with Crippen LogP contribution in [-0.4, -0.2) is 16.7 Å². The lowest BCUT2D eigenvalue weighted by atomic mass is 10.1. The third-order valence-electron chi connectivity index (χ3n) is 3.91. The number of thiazole rings is 1. The molecule has 0 aliphatic carbocycles. The van der Waals surface area contributed by atoms with E-state index in [1.54, 1.807) is 35.7 Å². The van der Waals surface area contributed by atoms with Gasteiger partial charge in [0.05, 0.1) is 16.9 Å². The molecule has 0 atom stereocenters. The van der Waals surface area contributed by atoms with Crippen LogP contribution in [0.1, 0.15) is 28.5 Å². The Kier molecular flexibility index (Phi) is 5.93. The number of carbonyl (C=O) groups excluding carboxylic acids is 2. The first kappa shape index (κ1) is 20.5. The molecule has 3 rings (SSSR count). The third-order valence-corrected chi connectivity index (χ3v) is 4.76. The highest BCUT2D eigenvalue weighted by Gasteiger charge is 2.31. The number of benzene rings is 2. The fraction of sp³-hybridized carbons (Fsp3) is 0.0952. The van der Waals surface area contributed by atoms with Crippen molar-refractivity contribution in [3.8, 4) is 0 Å². The molecule has 29 heavy (non-hydrogen) atoms. The van der Waals surface area contributed by atoms with Crippen LogP contribution in [0.4, 0.5) is 24.0 Å². The summed E-state index contributed by atoms with van der Waals surface area (Å²) in [6.07, 6.45) is -1.66. The van der Waals surface area contributed by atoms with Crippen LogP contribution >= 0.6 is 11.3 Å². The molecule has 0 unspecified atom stereocenters. The molecular weight excluding hydrogens is 401 g/mol. The summed E-state index contributed by atoms with van der Waals surface area (Å²) in [5.74, 6) is -0.684. The molecule has 0 aliphatic heterocycles. The summed E-state index contributed by atoms with van der Waals surface area (Å²) in [6.45, 7) is 1.25. The number of halogens is 3. The second-order valence-electron chi connectivity index (χ2n) is 6.02. The number of amides is 1. The summed E-state index contributed by atoms with van der Waals surface area (Å²) < 4.78 is 39.0. The van der Waals surface area contributed by atoms with Crippen molar-refractivity contribution in [1.82, 2.24) is 4.98 Å². The van der Waals surface area contributed by atoms with Gasteiger partial charge in [0.15, 0.2) is 10.9 Å². The van der Waals surface area contributed by atoms with Crippen molar-refractivity contribution in [1.29, 1.82) is 0 Å². The van der Waals surface area contributed by atoms with Gasteiger partial charge < -0.3 is 0 Å². The van der Waals surface area contributed by atoms with Gasteiger partial charge in [-0.25, -0.2) is 4.98 Å². The molecule has 0 bridgehead atoms. The van der Waals surface area contributed by atoms with Crippen molar-refractivity contribution in [3.05, 3.63) is 82.9 Å². The van der Waals surface area contributed by atoms with Gasteiger partial charge in [-0.3, -0.25) is 14.5 Å². The predicted octanol–water partition coefficient (Wildman–Crippen LogP) is 5.74. The monoisotopic (exact) mass is 416 g/mol. The summed E-state index contributed by atoms with van der Waals surface area (Å²) in [5.41, 5.74) is 0.157. The summed E-state index contributed by atoms with van der Waals surface area (Å²) in [4.78, 5) is 29.6. The van der Waals surface area contributed by atoms with Gasteiger partial charge in [0, 0.05) is 17.9 Å². The maximum absolute atomic E-state index is 13.0. The van der Waals surface area contributed by atoms with Crippen molar-refractivity contribution in [2.45, 2.75) is 13.1 Å². The average molecular weight is 416 g/mol. The normalized spacial score (nSPS) is 11.6. The van der Waals surface area contributed by atoms with E-state index in [1.807, 2.05) is 0 Å². The van der Waals surface area contributed by atoms with Crippen LogP contribution in [0.25, 0.3) is 6.08 Å². The Balaban J connectivity index is 1.86. The minimum atomic E-state index is -4.52. The Morgan fingerprint density at radius 3 is 2.45 bits per heavy atom. The van der Waals surface area contributed by atoms with E-state index >= 15 is 0 Å². The lowest BCUT2D eigenvalue weighted by Gasteiger charge is -2.19. The number of rotatable bonds is 5. The fourth-order valence-electron chi connectivity index (χ4n) is 2.56. The number of carbonyl (C=O) groups is 2. The fourth-order valence-corrected chi connectivity index (χ4v) is 3.42. The summed E-state index contributed by atoms with van der Waals surface area (Å²) in [7, 11) is 0. The third kappa shape index (κ3) is 4.97. The smallest absolute Gasteiger partial charge is 0.289 e. The molecule has 148 valence electrons. The van der Waals surface area contributed by atoms with Crippen molar-refractivity contribution in [3.63, 3.8) is 0 Å². The SMILES string of the molecule is CC(=O)N(c1cccc(C(F)(F)F)c1)c1nc(/C=C/C(=O)c2ccccc2)cs1. The largest absolute Gasteiger partial charge is 0.416 e. The van der Waals surface area contributed by atoms with Gasteiger partial charge in [0.2, 0.25) is 5.91 Å². The molecule has 1 amide bonds. The molecule has 4 nitrogen and oxygen atoms in total. The van der Waals surface area contributed by atoms with Gasteiger partial charge in [0.25, 0.3) is 0 Å². The number of anilines is 2. The van der Waals surface area contributed by atoms with E-state index in [1.165, 1.54) is 31.2 Å². The zero-order valence-corrected chi connectivity index (χ0v) is 16.0. The Morgan fingerprint density at radius 1 is 1.07 bits per heavy atom. The summed E-state index contributed by atoms with van der Waals surface area (Å²) >= 11 is 1.09. The first-order chi connectivity index (χ1) is 13.8. The molecule has 0 saturated carbocycles. The Morgan fingerprint density at radius 2 is 1.79 bits per heavy atom. The van der Waals surface area contributed by atoms with Crippen LogP contribution in [0.5, 0.6) is 0 Å². The van der Waals surface area contributed by atoms with Crippen LogP contribution in [0.3, 0.4) is 0 Å². The van der Waals surface area contributed by atoms with Crippen molar-refractivity contribution in [2.75, 3.05) is 4.90 Å². The van der Waals surface area contributed by atoms with Crippen molar-refractivity contribution in [2.24, 2.45) is 0 Å². The maximum atomic E-state index is 13.0. The van der Waals surface area contributed by atoms with E-state index in [4.69, 9.17) is 0 Å². The molecule has 0 spiro atoms.